The molecular formula is C14H14BrN3O2. The minimum Gasteiger partial charge on any atom is -0.497 e. The minimum atomic E-state index is -0.287. The molecule has 0 radical (unpaired) electrons. The number of nitrogens with one attached hydrogen (secondary N) is 1. The molecule has 0 unspecified atom stereocenters. The summed E-state index contributed by atoms with van der Waals surface area (Å²) >= 11 is 3.36. The van der Waals surface area contributed by atoms with Gasteiger partial charge in [0.2, 0.25) is 0 Å². The van der Waals surface area contributed by atoms with Gasteiger partial charge < -0.3 is 15.8 Å². The highest BCUT2D eigenvalue weighted by atomic mass is 79.9. The van der Waals surface area contributed by atoms with Crippen molar-refractivity contribution in [2.24, 2.45) is 0 Å². The molecule has 6 heteroatoms. The van der Waals surface area contributed by atoms with Crippen LogP contribution in [0, 0.1) is 6.92 Å². The van der Waals surface area contributed by atoms with E-state index in [0.29, 0.717) is 22.8 Å². The number of methoxy groups -OCH3 is 1. The van der Waals surface area contributed by atoms with Gasteiger partial charge in [-0.25, -0.2) is 4.98 Å². The van der Waals surface area contributed by atoms with Gasteiger partial charge in [-0.15, -0.1) is 0 Å². The summed E-state index contributed by atoms with van der Waals surface area (Å²) in [5.74, 6) is 0.733. The van der Waals surface area contributed by atoms with E-state index in [-0.39, 0.29) is 5.91 Å². The van der Waals surface area contributed by atoms with Crippen LogP contribution < -0.4 is 15.8 Å². The number of aromatic nitrogens is 1. The lowest BCUT2D eigenvalue weighted by molar-refractivity contribution is 0.102. The van der Waals surface area contributed by atoms with Gasteiger partial charge in [0.25, 0.3) is 5.91 Å². The van der Waals surface area contributed by atoms with Gasteiger partial charge in [-0.05, 0) is 46.6 Å². The molecule has 3 N–H and O–H groups in total. The van der Waals surface area contributed by atoms with Crippen LogP contribution in [0.15, 0.2) is 34.9 Å². The second-order valence-corrected chi connectivity index (χ2v) is 5.12. The number of halogens is 1. The van der Waals surface area contributed by atoms with Crippen LogP contribution in [0.25, 0.3) is 0 Å². The number of carbonyl (C=O) groups is 1. The average Bonchev–Trinajstić information content (AvgIpc) is 2.42. The van der Waals surface area contributed by atoms with Gasteiger partial charge in [0.1, 0.15) is 11.6 Å². The zero-order valence-corrected chi connectivity index (χ0v) is 12.7. The lowest BCUT2D eigenvalue weighted by Crippen LogP contribution is -2.13. The Bertz CT molecular complexity index is 659. The maximum absolute atomic E-state index is 12.2. The molecule has 0 atom stereocenters. The maximum Gasteiger partial charge on any atom is 0.257 e. The van der Waals surface area contributed by atoms with E-state index in [9.17, 15) is 4.79 Å². The van der Waals surface area contributed by atoms with E-state index in [1.54, 1.807) is 30.5 Å². The molecule has 1 aromatic heterocycles. The number of ether oxygens (including phenoxy) is 1. The van der Waals surface area contributed by atoms with Crippen LogP contribution in [-0.2, 0) is 0 Å². The van der Waals surface area contributed by atoms with Gasteiger partial charge in [-0.1, -0.05) is 0 Å². The molecule has 104 valence electrons. The highest BCUT2D eigenvalue weighted by molar-refractivity contribution is 9.10. The lowest BCUT2D eigenvalue weighted by atomic mass is 10.1. The summed E-state index contributed by atoms with van der Waals surface area (Å²) in [7, 11) is 1.52. The smallest absolute Gasteiger partial charge is 0.257 e. The molecule has 2 aromatic rings. The van der Waals surface area contributed by atoms with Crippen LogP contribution >= 0.6 is 15.9 Å². The van der Waals surface area contributed by atoms with Crippen LogP contribution in [-0.4, -0.2) is 18.0 Å². The molecule has 0 spiro atoms. The molecule has 0 saturated carbocycles. The van der Waals surface area contributed by atoms with Crippen molar-refractivity contribution in [2.45, 2.75) is 6.92 Å². The number of aryl methyl sites for hydroxylation is 1. The summed E-state index contributed by atoms with van der Waals surface area (Å²) in [5, 5.41) is 2.72. The first-order valence-electron chi connectivity index (χ1n) is 5.87. The van der Waals surface area contributed by atoms with Crippen LogP contribution in [0.5, 0.6) is 5.75 Å². The van der Waals surface area contributed by atoms with Crippen LogP contribution in [0.1, 0.15) is 15.9 Å². The number of amides is 1. The number of nitrogens with zero attached hydrogens (tertiary/aromatic N) is 1. The zero-order chi connectivity index (χ0) is 14.7. The van der Waals surface area contributed by atoms with Crippen molar-refractivity contribution in [2.75, 3.05) is 18.2 Å². The maximum atomic E-state index is 12.2. The number of benzene rings is 1. The van der Waals surface area contributed by atoms with Gasteiger partial charge >= 0.3 is 0 Å². The molecule has 5 nitrogen and oxygen atoms in total. The Kier molecular flexibility index (Phi) is 4.24. The third-order valence-electron chi connectivity index (χ3n) is 2.72. The summed E-state index contributed by atoms with van der Waals surface area (Å²) < 4.78 is 5.98. The molecule has 0 aliphatic heterocycles. The number of hydrogen-bond acceptors (Lipinski definition) is 4. The minimum absolute atomic E-state index is 0.287. The fourth-order valence-electron chi connectivity index (χ4n) is 1.67. The Hall–Kier alpha value is -2.08. The van der Waals surface area contributed by atoms with Crippen molar-refractivity contribution >= 4 is 33.3 Å². The van der Waals surface area contributed by atoms with E-state index >= 15 is 0 Å². The SMILES string of the molecule is COc1cc(N)cc(C(=O)Nc2cc(C)c(Br)cn2)c1. The fourth-order valence-corrected chi connectivity index (χ4v) is 1.88. The summed E-state index contributed by atoms with van der Waals surface area (Å²) in [6, 6.07) is 6.64. The predicted octanol–water partition coefficient (Wildman–Crippen LogP) is 3.00. The molecule has 0 saturated heterocycles. The van der Waals surface area contributed by atoms with Gasteiger partial charge in [-0.2, -0.15) is 0 Å². The first-order valence-corrected chi connectivity index (χ1v) is 6.67. The molecule has 20 heavy (non-hydrogen) atoms. The van der Waals surface area contributed by atoms with E-state index in [1.165, 1.54) is 7.11 Å². The lowest BCUT2D eigenvalue weighted by Gasteiger charge is -2.08. The van der Waals surface area contributed by atoms with Crippen molar-refractivity contribution in [3.8, 4) is 5.75 Å². The predicted molar refractivity (Wildman–Crippen MR) is 82.0 cm³/mol. The van der Waals surface area contributed by atoms with Gasteiger partial charge in [-0.3, -0.25) is 4.79 Å². The molecular weight excluding hydrogens is 322 g/mol. The second kappa shape index (κ2) is 5.92. The molecule has 0 bridgehead atoms. The number of pyridine rings is 1. The van der Waals surface area contributed by atoms with Crippen molar-refractivity contribution in [3.05, 3.63) is 46.1 Å². The third-order valence-corrected chi connectivity index (χ3v) is 3.55. The number of hydrogen-bond donors (Lipinski definition) is 2. The highest BCUT2D eigenvalue weighted by Gasteiger charge is 2.10. The summed E-state index contributed by atoms with van der Waals surface area (Å²) in [6.45, 7) is 1.92. The largest absolute Gasteiger partial charge is 0.497 e. The topological polar surface area (TPSA) is 77.2 Å². The normalized spacial score (nSPS) is 10.2. The van der Waals surface area contributed by atoms with E-state index in [2.05, 4.69) is 26.2 Å². The van der Waals surface area contributed by atoms with Gasteiger partial charge in [0.15, 0.2) is 0 Å². The fraction of sp³-hybridized carbons (Fsp3) is 0.143. The average molecular weight is 336 g/mol. The van der Waals surface area contributed by atoms with E-state index in [1.807, 2.05) is 6.92 Å². The Morgan fingerprint density at radius 1 is 1.35 bits per heavy atom. The number of carbonyl (C=O) groups excluding carboxylic acids is 1. The molecule has 1 aromatic carbocycles. The molecule has 1 heterocycles. The van der Waals surface area contributed by atoms with Crippen LogP contribution in [0.2, 0.25) is 0 Å². The van der Waals surface area contributed by atoms with E-state index in [0.717, 1.165) is 10.0 Å². The molecule has 2 rings (SSSR count). The van der Waals surface area contributed by atoms with Crippen molar-refractivity contribution < 1.29 is 9.53 Å². The summed E-state index contributed by atoms with van der Waals surface area (Å²) in [6.07, 6.45) is 1.64. The summed E-state index contributed by atoms with van der Waals surface area (Å²) in [4.78, 5) is 16.3. The third kappa shape index (κ3) is 3.27. The van der Waals surface area contributed by atoms with Crippen molar-refractivity contribution in [1.82, 2.24) is 4.98 Å². The Morgan fingerprint density at radius 2 is 2.10 bits per heavy atom. The Balaban J connectivity index is 2.23. The van der Waals surface area contributed by atoms with Gasteiger partial charge in [0, 0.05) is 28.0 Å². The quantitative estimate of drug-likeness (QED) is 0.845. The Morgan fingerprint density at radius 3 is 2.75 bits per heavy atom. The van der Waals surface area contributed by atoms with E-state index < -0.39 is 0 Å². The molecule has 0 aliphatic rings. The number of nitrogens with two attached hydrogens (primary N) is 1. The second-order valence-electron chi connectivity index (χ2n) is 4.27. The number of anilines is 2. The molecule has 0 fully saturated rings. The van der Waals surface area contributed by atoms with Crippen LogP contribution in [0.4, 0.5) is 11.5 Å². The molecule has 1 amide bonds. The molecule has 0 aliphatic carbocycles. The Labute approximate surface area is 125 Å². The van der Waals surface area contributed by atoms with Crippen LogP contribution in [0.3, 0.4) is 0 Å². The highest BCUT2D eigenvalue weighted by Crippen LogP contribution is 2.21. The first kappa shape index (κ1) is 14.3. The van der Waals surface area contributed by atoms with Gasteiger partial charge in [0.05, 0.1) is 7.11 Å². The first-order chi connectivity index (χ1) is 9.49. The van der Waals surface area contributed by atoms with E-state index in [4.69, 9.17) is 10.5 Å². The summed E-state index contributed by atoms with van der Waals surface area (Å²) in [5.41, 5.74) is 7.60. The monoisotopic (exact) mass is 335 g/mol. The standard InChI is InChI=1S/C14H14BrN3O2/c1-8-3-13(17-7-12(8)15)18-14(19)9-4-10(16)6-11(5-9)20-2/h3-7H,16H2,1-2H3,(H,17,18,19). The number of nitrogen functional groups attached to an aromatic ring is 1. The van der Waals surface area contributed by atoms with Crippen molar-refractivity contribution in [1.29, 1.82) is 0 Å². The number of rotatable bonds is 3. The zero-order valence-electron chi connectivity index (χ0n) is 11.1. The van der Waals surface area contributed by atoms with Crippen molar-refractivity contribution in [3.63, 3.8) is 0 Å².